The number of rotatable bonds is 1. The van der Waals surface area contributed by atoms with E-state index in [-0.39, 0.29) is 17.1 Å². The molecule has 2 unspecified atom stereocenters. The predicted molar refractivity (Wildman–Crippen MR) is 47.9 cm³/mol. The molecule has 0 aromatic carbocycles. The summed E-state index contributed by atoms with van der Waals surface area (Å²) in [7, 11) is 0. The van der Waals surface area contributed by atoms with Crippen molar-refractivity contribution in [1.82, 2.24) is 0 Å². The highest BCUT2D eigenvalue weighted by Gasteiger charge is 2.28. The summed E-state index contributed by atoms with van der Waals surface area (Å²) in [5.74, 6) is 0.204. The zero-order chi connectivity index (χ0) is 7.72. The SMILES string of the molecule is CC(=O)C1SC(Br)=NC1C. The van der Waals surface area contributed by atoms with Gasteiger partial charge in [-0.2, -0.15) is 0 Å². The minimum Gasteiger partial charge on any atom is -0.299 e. The van der Waals surface area contributed by atoms with Crippen molar-refractivity contribution in [3.8, 4) is 0 Å². The molecule has 0 bridgehead atoms. The Morgan fingerprint density at radius 2 is 2.40 bits per heavy atom. The molecule has 0 saturated heterocycles. The standard InChI is InChI=1S/C6H8BrNOS/c1-3-5(4(2)9)10-6(7)8-3/h3,5H,1-2H3. The van der Waals surface area contributed by atoms with Gasteiger partial charge in [-0.3, -0.25) is 9.79 Å². The average Bonchev–Trinajstić information content (AvgIpc) is 2.10. The second kappa shape index (κ2) is 3.05. The summed E-state index contributed by atoms with van der Waals surface area (Å²) >= 11 is 4.75. The van der Waals surface area contributed by atoms with Gasteiger partial charge < -0.3 is 0 Å². The molecule has 2 nitrogen and oxygen atoms in total. The van der Waals surface area contributed by atoms with Crippen LogP contribution in [0.5, 0.6) is 0 Å². The highest BCUT2D eigenvalue weighted by Crippen LogP contribution is 2.29. The molecule has 10 heavy (non-hydrogen) atoms. The van der Waals surface area contributed by atoms with Crippen molar-refractivity contribution in [2.24, 2.45) is 4.99 Å². The van der Waals surface area contributed by atoms with Crippen LogP contribution in [0, 0.1) is 0 Å². The van der Waals surface area contributed by atoms with Crippen molar-refractivity contribution in [3.63, 3.8) is 0 Å². The van der Waals surface area contributed by atoms with Crippen LogP contribution in [0.4, 0.5) is 0 Å². The highest BCUT2D eigenvalue weighted by molar-refractivity contribution is 9.22. The van der Waals surface area contributed by atoms with Gasteiger partial charge in [-0.1, -0.05) is 11.8 Å². The van der Waals surface area contributed by atoms with E-state index < -0.39 is 0 Å². The molecule has 0 radical (unpaired) electrons. The third-order valence-corrected chi connectivity index (χ3v) is 3.41. The molecule has 0 saturated carbocycles. The maximum Gasteiger partial charge on any atom is 0.145 e. The van der Waals surface area contributed by atoms with Crippen LogP contribution in [0.1, 0.15) is 13.8 Å². The molecule has 4 heteroatoms. The van der Waals surface area contributed by atoms with Crippen LogP contribution in [-0.2, 0) is 4.79 Å². The molecule has 0 spiro atoms. The van der Waals surface area contributed by atoms with E-state index in [2.05, 4.69) is 20.9 Å². The minimum absolute atomic E-state index is 0.0365. The highest BCUT2D eigenvalue weighted by atomic mass is 79.9. The lowest BCUT2D eigenvalue weighted by Crippen LogP contribution is -2.21. The first-order valence-corrected chi connectivity index (χ1v) is 4.69. The second-order valence-electron chi connectivity index (χ2n) is 2.27. The molecule has 0 aromatic rings. The summed E-state index contributed by atoms with van der Waals surface area (Å²) in [5.41, 5.74) is 0. The van der Waals surface area contributed by atoms with Crippen LogP contribution < -0.4 is 0 Å². The molecule has 0 N–H and O–H groups in total. The fourth-order valence-corrected chi connectivity index (χ4v) is 2.67. The third kappa shape index (κ3) is 1.61. The van der Waals surface area contributed by atoms with Gasteiger partial charge in [0.15, 0.2) is 0 Å². The summed E-state index contributed by atoms with van der Waals surface area (Å²) < 4.78 is 0.847. The van der Waals surface area contributed by atoms with Crippen LogP contribution >= 0.6 is 27.7 Å². The normalized spacial score (nSPS) is 32.1. The molecular weight excluding hydrogens is 214 g/mol. The monoisotopic (exact) mass is 221 g/mol. The van der Waals surface area contributed by atoms with E-state index >= 15 is 0 Å². The third-order valence-electron chi connectivity index (χ3n) is 1.37. The van der Waals surface area contributed by atoms with Crippen molar-refractivity contribution in [1.29, 1.82) is 0 Å². The van der Waals surface area contributed by atoms with Gasteiger partial charge in [0, 0.05) is 0 Å². The van der Waals surface area contributed by atoms with E-state index in [1.54, 1.807) is 6.92 Å². The largest absolute Gasteiger partial charge is 0.299 e. The summed E-state index contributed by atoms with van der Waals surface area (Å²) in [6.07, 6.45) is 0. The summed E-state index contributed by atoms with van der Waals surface area (Å²) in [4.78, 5) is 15.1. The molecule has 1 aliphatic heterocycles. The lowest BCUT2D eigenvalue weighted by Gasteiger charge is -2.06. The predicted octanol–water partition coefficient (Wildman–Crippen LogP) is 1.83. The number of carbonyl (C=O) groups is 1. The molecule has 2 atom stereocenters. The fourth-order valence-electron chi connectivity index (χ4n) is 0.884. The molecular formula is C6H8BrNOS. The van der Waals surface area contributed by atoms with E-state index in [1.165, 1.54) is 11.8 Å². The second-order valence-corrected chi connectivity index (χ2v) is 4.68. The zero-order valence-electron chi connectivity index (χ0n) is 5.80. The van der Waals surface area contributed by atoms with Gasteiger partial charge in [0.05, 0.1) is 11.3 Å². The first-order valence-electron chi connectivity index (χ1n) is 3.01. The number of halogens is 1. The van der Waals surface area contributed by atoms with Crippen molar-refractivity contribution in [3.05, 3.63) is 0 Å². The van der Waals surface area contributed by atoms with Crippen molar-refractivity contribution >= 4 is 37.4 Å². The number of nitrogens with zero attached hydrogens (tertiary/aromatic N) is 1. The number of thioether (sulfide) groups is 1. The number of carbonyl (C=O) groups excluding carboxylic acids is 1. The molecule has 0 amide bonds. The molecule has 0 aliphatic carbocycles. The summed E-state index contributed by atoms with van der Waals surface area (Å²) in [6, 6.07) is 0.136. The van der Waals surface area contributed by atoms with E-state index in [4.69, 9.17) is 0 Å². The number of aliphatic imine (C=N–C) groups is 1. The summed E-state index contributed by atoms with van der Waals surface area (Å²) in [6.45, 7) is 3.56. The number of hydrogen-bond acceptors (Lipinski definition) is 3. The van der Waals surface area contributed by atoms with Crippen molar-refractivity contribution in [2.75, 3.05) is 0 Å². The van der Waals surface area contributed by atoms with Gasteiger partial charge >= 0.3 is 0 Å². The first-order chi connectivity index (χ1) is 4.61. The topological polar surface area (TPSA) is 29.4 Å². The Bertz CT molecular complexity index is 192. The average molecular weight is 222 g/mol. The molecule has 1 aliphatic rings. The Labute approximate surface area is 72.6 Å². The van der Waals surface area contributed by atoms with Gasteiger partial charge in [-0.05, 0) is 29.8 Å². The minimum atomic E-state index is 0.0365. The molecule has 1 heterocycles. The van der Waals surface area contributed by atoms with Gasteiger partial charge in [0.2, 0.25) is 0 Å². The van der Waals surface area contributed by atoms with Gasteiger partial charge in [0.25, 0.3) is 0 Å². The van der Waals surface area contributed by atoms with Gasteiger partial charge in [-0.15, -0.1) is 0 Å². The smallest absolute Gasteiger partial charge is 0.145 e. The fraction of sp³-hybridized carbons (Fsp3) is 0.667. The van der Waals surface area contributed by atoms with Gasteiger partial charge in [0.1, 0.15) is 9.74 Å². The van der Waals surface area contributed by atoms with Crippen LogP contribution in [0.2, 0.25) is 0 Å². The first kappa shape index (κ1) is 8.27. The Morgan fingerprint density at radius 3 is 2.60 bits per heavy atom. The van der Waals surface area contributed by atoms with E-state index in [0.29, 0.717) is 0 Å². The van der Waals surface area contributed by atoms with Crippen molar-refractivity contribution < 1.29 is 4.79 Å². The number of Topliss-reactive ketones (excluding diaryl/α,β-unsaturated/α-hetero) is 1. The van der Waals surface area contributed by atoms with Crippen LogP contribution in [-0.4, -0.2) is 21.0 Å². The zero-order valence-corrected chi connectivity index (χ0v) is 8.20. The van der Waals surface area contributed by atoms with E-state index in [1.807, 2.05) is 6.92 Å². The lowest BCUT2D eigenvalue weighted by atomic mass is 10.2. The van der Waals surface area contributed by atoms with E-state index in [0.717, 1.165) is 3.95 Å². The number of hydrogen-bond donors (Lipinski definition) is 0. The Kier molecular flexibility index (Phi) is 2.52. The lowest BCUT2D eigenvalue weighted by molar-refractivity contribution is -0.116. The maximum atomic E-state index is 10.9. The molecule has 0 aromatic heterocycles. The maximum absolute atomic E-state index is 10.9. The Balaban J connectivity index is 2.63. The molecule has 56 valence electrons. The van der Waals surface area contributed by atoms with Crippen LogP contribution in [0.25, 0.3) is 0 Å². The van der Waals surface area contributed by atoms with Crippen molar-refractivity contribution in [2.45, 2.75) is 25.1 Å². The van der Waals surface area contributed by atoms with E-state index in [9.17, 15) is 4.79 Å². The molecule has 1 rings (SSSR count). The van der Waals surface area contributed by atoms with Crippen LogP contribution in [0.15, 0.2) is 4.99 Å². The Morgan fingerprint density at radius 1 is 1.80 bits per heavy atom. The number of ketones is 1. The summed E-state index contributed by atoms with van der Waals surface area (Å²) in [5, 5.41) is 0.0365. The van der Waals surface area contributed by atoms with Gasteiger partial charge in [-0.25, -0.2) is 0 Å². The van der Waals surface area contributed by atoms with Crippen LogP contribution in [0.3, 0.4) is 0 Å². The Hall–Kier alpha value is 0.170. The molecule has 0 fully saturated rings. The quantitative estimate of drug-likeness (QED) is 0.677.